The van der Waals surface area contributed by atoms with E-state index in [-0.39, 0.29) is 5.56 Å². The van der Waals surface area contributed by atoms with E-state index < -0.39 is 5.97 Å². The Kier molecular flexibility index (Phi) is 4.99. The number of phenolic OH excluding ortho intramolecular Hbond substituents is 1. The van der Waals surface area contributed by atoms with E-state index in [0.717, 1.165) is 35.1 Å². The molecule has 0 amide bonds. The third-order valence-corrected chi connectivity index (χ3v) is 3.68. The van der Waals surface area contributed by atoms with Crippen molar-refractivity contribution < 1.29 is 15.0 Å². The van der Waals surface area contributed by atoms with Crippen LogP contribution < -0.4 is 0 Å². The van der Waals surface area contributed by atoms with Gasteiger partial charge >= 0.3 is 5.97 Å². The lowest BCUT2D eigenvalue weighted by Gasteiger charge is -2.09. The van der Waals surface area contributed by atoms with Gasteiger partial charge in [-0.15, -0.1) is 0 Å². The minimum atomic E-state index is -0.922. The van der Waals surface area contributed by atoms with Crippen LogP contribution in [-0.2, 0) is 12.8 Å². The van der Waals surface area contributed by atoms with E-state index in [0.29, 0.717) is 5.75 Å². The van der Waals surface area contributed by atoms with Crippen LogP contribution in [0.25, 0.3) is 12.2 Å². The third-order valence-electron chi connectivity index (χ3n) is 3.68. The summed E-state index contributed by atoms with van der Waals surface area (Å²) in [5, 5.41) is 19.0. The fraction of sp³-hybridized carbons (Fsp3) is 0.211. The molecule has 0 bridgehead atoms. The van der Waals surface area contributed by atoms with E-state index in [1.807, 2.05) is 38.1 Å². The van der Waals surface area contributed by atoms with Crippen LogP contribution in [0, 0.1) is 0 Å². The molecule has 0 aromatic heterocycles. The fourth-order valence-corrected chi connectivity index (χ4v) is 2.35. The molecule has 0 fully saturated rings. The molecule has 0 radical (unpaired) electrons. The van der Waals surface area contributed by atoms with Gasteiger partial charge in [0.05, 0.1) is 5.56 Å². The van der Waals surface area contributed by atoms with E-state index in [1.54, 1.807) is 24.3 Å². The average Bonchev–Trinajstić information content (AvgIpc) is 2.54. The van der Waals surface area contributed by atoms with Crippen LogP contribution in [0.2, 0.25) is 0 Å². The Labute approximate surface area is 130 Å². The lowest BCUT2D eigenvalue weighted by Crippen LogP contribution is -1.94. The van der Waals surface area contributed by atoms with E-state index in [4.69, 9.17) is 5.11 Å². The highest BCUT2D eigenvalue weighted by Crippen LogP contribution is 2.26. The molecule has 0 spiro atoms. The van der Waals surface area contributed by atoms with Gasteiger partial charge in [-0.2, -0.15) is 0 Å². The second kappa shape index (κ2) is 6.94. The molecule has 2 N–H and O–H groups in total. The summed E-state index contributed by atoms with van der Waals surface area (Å²) in [6.45, 7) is 4.04. The molecule has 114 valence electrons. The van der Waals surface area contributed by atoms with Crippen molar-refractivity contribution in [3.8, 4) is 5.75 Å². The zero-order chi connectivity index (χ0) is 16.1. The number of aromatic carboxylic acids is 1. The van der Waals surface area contributed by atoms with Crippen molar-refractivity contribution in [3.05, 3.63) is 64.2 Å². The quantitative estimate of drug-likeness (QED) is 0.805. The summed E-state index contributed by atoms with van der Waals surface area (Å²) in [5.74, 6) is -0.526. The monoisotopic (exact) mass is 296 g/mol. The van der Waals surface area contributed by atoms with Gasteiger partial charge in [-0.05, 0) is 59.4 Å². The topological polar surface area (TPSA) is 57.5 Å². The molecule has 0 aliphatic rings. The lowest BCUT2D eigenvalue weighted by atomic mass is 10.00. The van der Waals surface area contributed by atoms with Crippen molar-refractivity contribution in [3.63, 3.8) is 0 Å². The molecule has 0 heterocycles. The molecule has 0 unspecified atom stereocenters. The first-order chi connectivity index (χ1) is 10.5. The summed E-state index contributed by atoms with van der Waals surface area (Å²) in [5.41, 5.74) is 4.15. The van der Waals surface area contributed by atoms with Gasteiger partial charge in [0.25, 0.3) is 0 Å². The van der Waals surface area contributed by atoms with Crippen LogP contribution in [0.5, 0.6) is 5.75 Å². The predicted octanol–water partition coefficient (Wildman–Crippen LogP) is 4.39. The maximum absolute atomic E-state index is 10.8. The summed E-state index contributed by atoms with van der Waals surface area (Å²) in [4.78, 5) is 10.8. The number of rotatable bonds is 5. The Balaban J connectivity index is 2.27. The Morgan fingerprint density at radius 3 is 1.91 bits per heavy atom. The molecule has 0 aliphatic heterocycles. The first-order valence-electron chi connectivity index (χ1n) is 7.41. The van der Waals surface area contributed by atoms with E-state index in [2.05, 4.69) is 0 Å². The van der Waals surface area contributed by atoms with Gasteiger partial charge in [0.15, 0.2) is 0 Å². The van der Waals surface area contributed by atoms with Crippen molar-refractivity contribution >= 4 is 18.1 Å². The van der Waals surface area contributed by atoms with E-state index in [1.165, 1.54) is 0 Å². The van der Waals surface area contributed by atoms with Gasteiger partial charge in [0.1, 0.15) is 5.75 Å². The zero-order valence-electron chi connectivity index (χ0n) is 12.8. The summed E-state index contributed by atoms with van der Waals surface area (Å²) in [6.07, 6.45) is 5.49. The smallest absolute Gasteiger partial charge is 0.335 e. The SMILES string of the molecule is CCc1cc(C=Cc2ccc(C(=O)O)cc2)cc(CC)c1O. The number of phenols is 1. The Hall–Kier alpha value is -2.55. The van der Waals surface area contributed by atoms with Crippen molar-refractivity contribution in [1.29, 1.82) is 0 Å². The fourth-order valence-electron chi connectivity index (χ4n) is 2.35. The van der Waals surface area contributed by atoms with Gasteiger partial charge in [0, 0.05) is 0 Å². The van der Waals surface area contributed by atoms with Gasteiger partial charge in [-0.3, -0.25) is 0 Å². The maximum Gasteiger partial charge on any atom is 0.335 e. The highest BCUT2D eigenvalue weighted by Gasteiger charge is 2.06. The third kappa shape index (κ3) is 3.55. The number of aromatic hydroxyl groups is 1. The van der Waals surface area contributed by atoms with Gasteiger partial charge < -0.3 is 10.2 Å². The molecule has 22 heavy (non-hydrogen) atoms. The maximum atomic E-state index is 10.8. The summed E-state index contributed by atoms with van der Waals surface area (Å²) in [6, 6.07) is 10.7. The summed E-state index contributed by atoms with van der Waals surface area (Å²) < 4.78 is 0. The van der Waals surface area contributed by atoms with Crippen LogP contribution in [0.15, 0.2) is 36.4 Å². The molecule has 3 heteroatoms. The second-order valence-electron chi connectivity index (χ2n) is 5.16. The second-order valence-corrected chi connectivity index (χ2v) is 5.16. The molecule has 0 atom stereocenters. The van der Waals surface area contributed by atoms with Crippen molar-refractivity contribution in [2.75, 3.05) is 0 Å². The molecule has 2 rings (SSSR count). The first-order valence-corrected chi connectivity index (χ1v) is 7.41. The molecule has 0 saturated heterocycles. The largest absolute Gasteiger partial charge is 0.507 e. The molecule has 2 aromatic rings. The minimum Gasteiger partial charge on any atom is -0.507 e. The Morgan fingerprint density at radius 1 is 0.955 bits per heavy atom. The van der Waals surface area contributed by atoms with Crippen LogP contribution >= 0.6 is 0 Å². The number of benzene rings is 2. The average molecular weight is 296 g/mol. The predicted molar refractivity (Wildman–Crippen MR) is 89.2 cm³/mol. The highest BCUT2D eigenvalue weighted by atomic mass is 16.4. The van der Waals surface area contributed by atoms with Crippen LogP contribution in [0.4, 0.5) is 0 Å². The first kappa shape index (κ1) is 15.8. The standard InChI is InChI=1S/C19H20O3/c1-3-15-11-14(12-16(4-2)18(15)20)6-5-13-7-9-17(10-8-13)19(21)22/h5-12,20H,3-4H2,1-2H3,(H,21,22). The molecule has 0 saturated carbocycles. The number of hydrogen-bond acceptors (Lipinski definition) is 2. The zero-order valence-corrected chi connectivity index (χ0v) is 12.8. The van der Waals surface area contributed by atoms with Gasteiger partial charge in [0.2, 0.25) is 0 Å². The Bertz CT molecular complexity index is 672. The highest BCUT2D eigenvalue weighted by molar-refractivity contribution is 5.88. The normalized spacial score (nSPS) is 11.0. The molecule has 0 aliphatic carbocycles. The molecule has 3 nitrogen and oxygen atoms in total. The number of hydrogen-bond donors (Lipinski definition) is 2. The van der Waals surface area contributed by atoms with Crippen molar-refractivity contribution in [2.45, 2.75) is 26.7 Å². The van der Waals surface area contributed by atoms with E-state index >= 15 is 0 Å². The van der Waals surface area contributed by atoms with Crippen molar-refractivity contribution in [1.82, 2.24) is 0 Å². The summed E-state index contributed by atoms with van der Waals surface area (Å²) >= 11 is 0. The van der Waals surface area contributed by atoms with Gasteiger partial charge in [-0.25, -0.2) is 4.79 Å². The molecular weight excluding hydrogens is 276 g/mol. The van der Waals surface area contributed by atoms with Crippen LogP contribution in [-0.4, -0.2) is 16.2 Å². The van der Waals surface area contributed by atoms with Gasteiger partial charge in [-0.1, -0.05) is 38.1 Å². The lowest BCUT2D eigenvalue weighted by molar-refractivity contribution is 0.0697. The molecular formula is C19H20O3. The Morgan fingerprint density at radius 2 is 1.45 bits per heavy atom. The number of carboxylic acids is 1. The number of aryl methyl sites for hydroxylation is 2. The number of carbonyl (C=O) groups is 1. The number of carboxylic acid groups (broad SMARTS) is 1. The van der Waals surface area contributed by atoms with Crippen molar-refractivity contribution in [2.24, 2.45) is 0 Å². The van der Waals surface area contributed by atoms with Crippen LogP contribution in [0.3, 0.4) is 0 Å². The van der Waals surface area contributed by atoms with Crippen LogP contribution in [0.1, 0.15) is 46.5 Å². The van der Waals surface area contributed by atoms with E-state index in [9.17, 15) is 9.90 Å². The molecule has 2 aromatic carbocycles. The summed E-state index contributed by atoms with van der Waals surface area (Å²) in [7, 11) is 0. The minimum absolute atomic E-state index is 0.281.